The van der Waals surface area contributed by atoms with Gasteiger partial charge in [-0.25, -0.2) is 4.39 Å². The van der Waals surface area contributed by atoms with Crippen LogP contribution in [0.25, 0.3) is 0 Å². The van der Waals surface area contributed by atoms with E-state index in [4.69, 9.17) is 0 Å². The quantitative estimate of drug-likeness (QED) is 0.903. The van der Waals surface area contributed by atoms with Crippen molar-refractivity contribution in [2.75, 3.05) is 37.6 Å². The summed E-state index contributed by atoms with van der Waals surface area (Å²) in [5.74, 6) is -0.360. The summed E-state index contributed by atoms with van der Waals surface area (Å²) < 4.78 is 14.3. The van der Waals surface area contributed by atoms with Crippen LogP contribution >= 0.6 is 0 Å². The molecule has 0 spiro atoms. The maximum atomic E-state index is 14.3. The molecule has 1 aromatic carbocycles. The SMILES string of the molecule is C[C@@H]1CN(C(=O)c2ccc(N3CCCC3)c(F)c2)CCN1. The Morgan fingerprint density at radius 2 is 2.05 bits per heavy atom. The lowest BCUT2D eigenvalue weighted by Crippen LogP contribution is -2.51. The van der Waals surface area contributed by atoms with Crippen molar-refractivity contribution in [3.8, 4) is 0 Å². The lowest BCUT2D eigenvalue weighted by Gasteiger charge is -2.32. The van der Waals surface area contributed by atoms with E-state index in [2.05, 4.69) is 17.1 Å². The van der Waals surface area contributed by atoms with Gasteiger partial charge in [0.1, 0.15) is 5.82 Å². The van der Waals surface area contributed by atoms with E-state index in [-0.39, 0.29) is 17.8 Å². The third-order valence-corrected chi connectivity index (χ3v) is 4.30. The zero-order chi connectivity index (χ0) is 14.8. The summed E-state index contributed by atoms with van der Waals surface area (Å²) in [6, 6.07) is 5.19. The number of halogens is 1. The maximum Gasteiger partial charge on any atom is 0.254 e. The summed E-state index contributed by atoms with van der Waals surface area (Å²) in [5.41, 5.74) is 1.07. The molecular formula is C16H22FN3O. The number of carbonyl (C=O) groups excluding carboxylic acids is 1. The minimum atomic E-state index is -0.286. The Bertz CT molecular complexity index is 528. The molecule has 4 nitrogen and oxygen atoms in total. The summed E-state index contributed by atoms with van der Waals surface area (Å²) >= 11 is 0. The lowest BCUT2D eigenvalue weighted by atomic mass is 10.1. The van der Waals surface area contributed by atoms with Crippen molar-refractivity contribution in [2.24, 2.45) is 0 Å². The Morgan fingerprint density at radius 3 is 2.71 bits per heavy atom. The van der Waals surface area contributed by atoms with Gasteiger partial charge in [0.05, 0.1) is 5.69 Å². The first kappa shape index (κ1) is 14.3. The third-order valence-electron chi connectivity index (χ3n) is 4.30. The number of carbonyl (C=O) groups is 1. The molecule has 2 heterocycles. The summed E-state index contributed by atoms with van der Waals surface area (Å²) in [6.45, 7) is 6.00. The van der Waals surface area contributed by atoms with Crippen LogP contribution in [0, 0.1) is 5.82 Å². The van der Waals surface area contributed by atoms with E-state index in [1.54, 1.807) is 17.0 Å². The number of rotatable bonds is 2. The predicted molar refractivity (Wildman–Crippen MR) is 81.2 cm³/mol. The van der Waals surface area contributed by atoms with Gasteiger partial charge in [0.2, 0.25) is 0 Å². The van der Waals surface area contributed by atoms with Gasteiger partial charge in [0.25, 0.3) is 5.91 Å². The van der Waals surface area contributed by atoms with Crippen molar-refractivity contribution in [1.29, 1.82) is 0 Å². The fraction of sp³-hybridized carbons (Fsp3) is 0.562. The van der Waals surface area contributed by atoms with Crippen LogP contribution in [0.4, 0.5) is 10.1 Å². The highest BCUT2D eigenvalue weighted by Gasteiger charge is 2.23. The number of hydrogen-bond donors (Lipinski definition) is 1. The molecule has 1 atom stereocenters. The third kappa shape index (κ3) is 3.02. The fourth-order valence-corrected chi connectivity index (χ4v) is 3.15. The van der Waals surface area contributed by atoms with Crippen LogP contribution < -0.4 is 10.2 Å². The average molecular weight is 291 g/mol. The Labute approximate surface area is 124 Å². The van der Waals surface area contributed by atoms with E-state index in [1.165, 1.54) is 6.07 Å². The van der Waals surface area contributed by atoms with Gasteiger partial charge in [-0.05, 0) is 38.0 Å². The molecule has 3 rings (SSSR count). The van der Waals surface area contributed by atoms with Gasteiger partial charge in [0.15, 0.2) is 0 Å². The zero-order valence-electron chi connectivity index (χ0n) is 12.4. The minimum absolute atomic E-state index is 0.0739. The molecule has 114 valence electrons. The van der Waals surface area contributed by atoms with Crippen LogP contribution in [0.1, 0.15) is 30.1 Å². The summed E-state index contributed by atoms with van der Waals surface area (Å²) in [4.78, 5) is 16.3. The lowest BCUT2D eigenvalue weighted by molar-refractivity contribution is 0.0708. The van der Waals surface area contributed by atoms with Crippen LogP contribution in [-0.2, 0) is 0 Å². The van der Waals surface area contributed by atoms with Gasteiger partial charge in [0, 0.05) is 44.3 Å². The Hall–Kier alpha value is -1.62. The van der Waals surface area contributed by atoms with E-state index in [9.17, 15) is 9.18 Å². The standard InChI is InChI=1S/C16H22FN3O/c1-12-11-20(9-6-18-12)16(21)13-4-5-15(14(17)10-13)19-7-2-3-8-19/h4-5,10,12,18H,2-3,6-9,11H2,1H3/t12-/m1/s1. The van der Waals surface area contributed by atoms with Gasteiger partial charge in [-0.15, -0.1) is 0 Å². The largest absolute Gasteiger partial charge is 0.369 e. The second kappa shape index (κ2) is 6.02. The van der Waals surface area contributed by atoms with E-state index >= 15 is 0 Å². The summed E-state index contributed by atoms with van der Waals surface area (Å²) in [6.07, 6.45) is 2.22. The van der Waals surface area contributed by atoms with E-state index in [0.717, 1.165) is 32.5 Å². The molecule has 0 bridgehead atoms. The molecule has 0 aliphatic carbocycles. The number of hydrogen-bond acceptors (Lipinski definition) is 3. The molecule has 5 heteroatoms. The highest BCUT2D eigenvalue weighted by molar-refractivity contribution is 5.94. The van der Waals surface area contributed by atoms with E-state index in [1.807, 2.05) is 0 Å². The minimum Gasteiger partial charge on any atom is -0.369 e. The van der Waals surface area contributed by atoms with Gasteiger partial charge < -0.3 is 15.1 Å². The molecule has 2 fully saturated rings. The van der Waals surface area contributed by atoms with Gasteiger partial charge in [-0.3, -0.25) is 4.79 Å². The normalized spacial score (nSPS) is 22.7. The van der Waals surface area contributed by atoms with Gasteiger partial charge in [-0.2, -0.15) is 0 Å². The summed E-state index contributed by atoms with van der Waals surface area (Å²) in [5, 5.41) is 3.30. The van der Waals surface area contributed by atoms with Crippen LogP contribution in [0.5, 0.6) is 0 Å². The molecule has 0 unspecified atom stereocenters. The van der Waals surface area contributed by atoms with Crippen molar-refractivity contribution in [3.63, 3.8) is 0 Å². The number of amides is 1. The molecular weight excluding hydrogens is 269 g/mol. The molecule has 2 aliphatic rings. The first-order valence-electron chi connectivity index (χ1n) is 7.72. The molecule has 0 aromatic heterocycles. The highest BCUT2D eigenvalue weighted by atomic mass is 19.1. The van der Waals surface area contributed by atoms with Crippen molar-refractivity contribution in [1.82, 2.24) is 10.2 Å². The zero-order valence-corrected chi connectivity index (χ0v) is 12.4. The Morgan fingerprint density at radius 1 is 1.29 bits per heavy atom. The highest BCUT2D eigenvalue weighted by Crippen LogP contribution is 2.25. The first-order chi connectivity index (χ1) is 10.1. The maximum absolute atomic E-state index is 14.3. The second-order valence-electron chi connectivity index (χ2n) is 5.97. The average Bonchev–Trinajstić information content (AvgIpc) is 3.00. The number of nitrogens with zero attached hydrogens (tertiary/aromatic N) is 2. The van der Waals surface area contributed by atoms with Crippen molar-refractivity contribution >= 4 is 11.6 Å². The summed E-state index contributed by atoms with van der Waals surface area (Å²) in [7, 11) is 0. The molecule has 1 amide bonds. The number of nitrogens with one attached hydrogen (secondary N) is 1. The molecule has 2 aliphatic heterocycles. The Kier molecular flexibility index (Phi) is 4.10. The van der Waals surface area contributed by atoms with Crippen LogP contribution in [0.2, 0.25) is 0 Å². The topological polar surface area (TPSA) is 35.6 Å². The molecule has 2 saturated heterocycles. The van der Waals surface area contributed by atoms with Crippen molar-refractivity contribution in [3.05, 3.63) is 29.6 Å². The molecule has 0 radical (unpaired) electrons. The molecule has 1 aromatic rings. The molecule has 1 N–H and O–H groups in total. The Balaban J connectivity index is 1.76. The first-order valence-corrected chi connectivity index (χ1v) is 7.72. The molecule has 0 saturated carbocycles. The number of piperazine rings is 1. The van der Waals surface area contributed by atoms with E-state index in [0.29, 0.717) is 24.3 Å². The van der Waals surface area contributed by atoms with Crippen LogP contribution in [0.3, 0.4) is 0 Å². The van der Waals surface area contributed by atoms with Gasteiger partial charge in [-0.1, -0.05) is 0 Å². The van der Waals surface area contributed by atoms with Crippen molar-refractivity contribution < 1.29 is 9.18 Å². The number of anilines is 1. The monoisotopic (exact) mass is 291 g/mol. The van der Waals surface area contributed by atoms with Crippen LogP contribution in [-0.4, -0.2) is 49.6 Å². The molecule has 21 heavy (non-hydrogen) atoms. The van der Waals surface area contributed by atoms with Gasteiger partial charge >= 0.3 is 0 Å². The fourth-order valence-electron chi connectivity index (χ4n) is 3.15. The smallest absolute Gasteiger partial charge is 0.254 e. The van der Waals surface area contributed by atoms with E-state index < -0.39 is 0 Å². The predicted octanol–water partition coefficient (Wildman–Crippen LogP) is 1.86. The second-order valence-corrected chi connectivity index (χ2v) is 5.97. The number of benzene rings is 1. The van der Waals surface area contributed by atoms with Crippen LogP contribution in [0.15, 0.2) is 18.2 Å². The van der Waals surface area contributed by atoms with Crippen molar-refractivity contribution in [2.45, 2.75) is 25.8 Å².